The molecular weight excluding hydrogens is 208 g/mol. The molecule has 0 atom stereocenters. The Balaban J connectivity index is 0. The fourth-order valence-electron chi connectivity index (χ4n) is 0.838. The highest BCUT2D eigenvalue weighted by atomic mass is 17.0. The average Bonchev–Trinajstić information content (AvgIpc) is 2.33. The van der Waals surface area contributed by atoms with Gasteiger partial charge in [0.25, 0.3) is 0 Å². The largest absolute Gasteiger partial charge is 0.478 e. The highest BCUT2D eigenvalue weighted by Gasteiger charge is 1.93. The van der Waals surface area contributed by atoms with Gasteiger partial charge in [0.1, 0.15) is 0 Å². The van der Waals surface area contributed by atoms with E-state index in [-0.39, 0.29) is 0 Å². The second-order valence-electron chi connectivity index (χ2n) is 3.11. The molecule has 0 unspecified atom stereocenters. The summed E-state index contributed by atoms with van der Waals surface area (Å²) in [5.41, 5.74) is 1.41. The van der Waals surface area contributed by atoms with E-state index in [0.29, 0.717) is 5.92 Å². The minimum atomic E-state index is -0.981. The fourth-order valence-corrected chi connectivity index (χ4v) is 0.838. The van der Waals surface area contributed by atoms with Crippen molar-refractivity contribution >= 4 is 5.97 Å². The summed E-state index contributed by atoms with van der Waals surface area (Å²) in [5.74, 6) is -0.323. The van der Waals surface area contributed by atoms with Crippen molar-refractivity contribution in [1.29, 1.82) is 0 Å². The molecule has 16 heavy (non-hydrogen) atoms. The second-order valence-corrected chi connectivity index (χ2v) is 3.11. The molecule has 0 saturated carbocycles. The molecule has 90 valence electrons. The van der Waals surface area contributed by atoms with Crippen LogP contribution in [0.1, 0.15) is 25.3 Å². The van der Waals surface area contributed by atoms with Crippen LogP contribution in [0, 0.1) is 0 Å². The van der Waals surface area contributed by atoms with Gasteiger partial charge in [-0.3, -0.25) is 10.5 Å². The van der Waals surface area contributed by atoms with E-state index >= 15 is 0 Å². The number of rotatable bonds is 2. The SMILES string of the molecule is C=CC(=O)O.CC(C)c1ccccc1.OO. The molecule has 1 rings (SSSR count). The first-order chi connectivity index (χ1) is 7.57. The Morgan fingerprint density at radius 3 is 1.81 bits per heavy atom. The zero-order valence-electron chi connectivity index (χ0n) is 9.50. The Kier molecular flexibility index (Phi) is 12.0. The molecule has 0 radical (unpaired) electrons. The Morgan fingerprint density at radius 1 is 1.25 bits per heavy atom. The molecule has 0 aromatic heterocycles. The lowest BCUT2D eigenvalue weighted by molar-refractivity contribution is -0.176. The molecule has 3 N–H and O–H groups in total. The minimum Gasteiger partial charge on any atom is -0.478 e. The van der Waals surface area contributed by atoms with Crippen molar-refractivity contribution in [2.75, 3.05) is 0 Å². The third-order valence-corrected chi connectivity index (χ3v) is 1.64. The maximum Gasteiger partial charge on any atom is 0.327 e. The van der Waals surface area contributed by atoms with Gasteiger partial charge in [0, 0.05) is 6.08 Å². The lowest BCUT2D eigenvalue weighted by Crippen LogP contribution is -1.83. The monoisotopic (exact) mass is 226 g/mol. The van der Waals surface area contributed by atoms with Crippen LogP contribution in [0.3, 0.4) is 0 Å². The van der Waals surface area contributed by atoms with Crippen LogP contribution in [-0.4, -0.2) is 21.6 Å². The van der Waals surface area contributed by atoms with Crippen molar-refractivity contribution in [2.24, 2.45) is 0 Å². The van der Waals surface area contributed by atoms with E-state index in [4.69, 9.17) is 15.6 Å². The van der Waals surface area contributed by atoms with E-state index in [2.05, 4.69) is 44.7 Å². The maximum atomic E-state index is 9.25. The summed E-state index contributed by atoms with van der Waals surface area (Å²) in [6, 6.07) is 10.5. The molecule has 4 heteroatoms. The molecule has 0 spiro atoms. The zero-order chi connectivity index (χ0) is 13.0. The van der Waals surface area contributed by atoms with Gasteiger partial charge in [-0.2, -0.15) is 0 Å². The third kappa shape index (κ3) is 10.4. The molecule has 0 bridgehead atoms. The molecular formula is C12H18O4. The van der Waals surface area contributed by atoms with E-state index in [1.54, 1.807) is 0 Å². The smallest absolute Gasteiger partial charge is 0.327 e. The molecule has 0 fully saturated rings. The van der Waals surface area contributed by atoms with Crippen molar-refractivity contribution in [3.8, 4) is 0 Å². The fraction of sp³-hybridized carbons (Fsp3) is 0.250. The highest BCUT2D eigenvalue weighted by Crippen LogP contribution is 2.11. The van der Waals surface area contributed by atoms with Crippen LogP contribution in [0.15, 0.2) is 43.0 Å². The summed E-state index contributed by atoms with van der Waals surface area (Å²) in [4.78, 5) is 9.25. The Bertz CT molecular complexity index is 280. The van der Waals surface area contributed by atoms with Crippen molar-refractivity contribution < 1.29 is 20.4 Å². The Labute approximate surface area is 95.4 Å². The molecule has 0 heterocycles. The zero-order valence-corrected chi connectivity index (χ0v) is 9.50. The van der Waals surface area contributed by atoms with E-state index in [1.807, 2.05) is 6.07 Å². The molecule has 0 amide bonds. The lowest BCUT2D eigenvalue weighted by atomic mass is 10.0. The number of aliphatic carboxylic acids is 1. The van der Waals surface area contributed by atoms with Gasteiger partial charge in [0.05, 0.1) is 0 Å². The van der Waals surface area contributed by atoms with Crippen LogP contribution in [-0.2, 0) is 4.79 Å². The number of hydrogen-bond donors (Lipinski definition) is 3. The van der Waals surface area contributed by atoms with Gasteiger partial charge < -0.3 is 5.11 Å². The minimum absolute atomic E-state index is 0.659. The van der Waals surface area contributed by atoms with Crippen LogP contribution in [0.5, 0.6) is 0 Å². The summed E-state index contributed by atoms with van der Waals surface area (Å²) in [6.45, 7) is 7.37. The topological polar surface area (TPSA) is 77.8 Å². The standard InChI is InChI=1S/C9H12.C3H4O2.H2O2/c1-8(2)9-6-4-3-5-7-9;1-2-3(4)5;1-2/h3-8H,1-2H3;2H,1H2,(H,4,5);1-2H. The summed E-state index contributed by atoms with van der Waals surface area (Å²) in [5, 5.41) is 19.6. The first-order valence-corrected chi connectivity index (χ1v) is 4.68. The first kappa shape index (κ1) is 16.8. The highest BCUT2D eigenvalue weighted by molar-refractivity contribution is 5.78. The van der Waals surface area contributed by atoms with Crippen LogP contribution in [0.2, 0.25) is 0 Å². The van der Waals surface area contributed by atoms with Crippen molar-refractivity contribution in [3.05, 3.63) is 48.6 Å². The summed E-state index contributed by atoms with van der Waals surface area (Å²) < 4.78 is 0. The van der Waals surface area contributed by atoms with Crippen LogP contribution >= 0.6 is 0 Å². The van der Waals surface area contributed by atoms with Gasteiger partial charge in [-0.1, -0.05) is 50.8 Å². The van der Waals surface area contributed by atoms with Crippen molar-refractivity contribution in [3.63, 3.8) is 0 Å². The average molecular weight is 226 g/mol. The molecule has 0 saturated heterocycles. The number of carboxylic acids is 1. The maximum absolute atomic E-state index is 9.25. The predicted octanol–water partition coefficient (Wildman–Crippen LogP) is 3.08. The van der Waals surface area contributed by atoms with E-state index in [0.717, 1.165) is 6.08 Å². The van der Waals surface area contributed by atoms with Crippen molar-refractivity contribution in [2.45, 2.75) is 19.8 Å². The van der Waals surface area contributed by atoms with Crippen LogP contribution in [0.4, 0.5) is 0 Å². The van der Waals surface area contributed by atoms with Crippen LogP contribution in [0.25, 0.3) is 0 Å². The van der Waals surface area contributed by atoms with Gasteiger partial charge in [0.2, 0.25) is 0 Å². The quantitative estimate of drug-likeness (QED) is 0.411. The van der Waals surface area contributed by atoms with E-state index < -0.39 is 5.97 Å². The molecule has 0 aliphatic rings. The lowest BCUT2D eigenvalue weighted by Gasteiger charge is -2.01. The van der Waals surface area contributed by atoms with Gasteiger partial charge in [-0.05, 0) is 11.5 Å². The second kappa shape index (κ2) is 11.4. The van der Waals surface area contributed by atoms with Gasteiger partial charge >= 0.3 is 5.97 Å². The van der Waals surface area contributed by atoms with E-state index in [9.17, 15) is 4.79 Å². The van der Waals surface area contributed by atoms with Crippen LogP contribution < -0.4 is 0 Å². The summed E-state index contributed by atoms with van der Waals surface area (Å²) >= 11 is 0. The normalized spacial score (nSPS) is 8.06. The van der Waals surface area contributed by atoms with Gasteiger partial charge in [0.15, 0.2) is 0 Å². The number of carboxylic acid groups (broad SMARTS) is 1. The predicted molar refractivity (Wildman–Crippen MR) is 63.6 cm³/mol. The molecule has 0 aliphatic carbocycles. The van der Waals surface area contributed by atoms with Gasteiger partial charge in [-0.15, -0.1) is 0 Å². The molecule has 1 aromatic carbocycles. The first-order valence-electron chi connectivity index (χ1n) is 4.68. The number of carbonyl (C=O) groups is 1. The third-order valence-electron chi connectivity index (χ3n) is 1.64. The summed E-state index contributed by atoms with van der Waals surface area (Å²) in [6.07, 6.45) is 0.833. The molecule has 0 aliphatic heterocycles. The Morgan fingerprint density at radius 2 is 1.62 bits per heavy atom. The Hall–Kier alpha value is -1.65. The number of hydrogen-bond acceptors (Lipinski definition) is 3. The van der Waals surface area contributed by atoms with Crippen molar-refractivity contribution in [1.82, 2.24) is 0 Å². The van der Waals surface area contributed by atoms with E-state index in [1.165, 1.54) is 5.56 Å². The molecule has 4 nitrogen and oxygen atoms in total. The molecule has 1 aromatic rings. The number of benzene rings is 1. The summed E-state index contributed by atoms with van der Waals surface area (Å²) in [7, 11) is 0. The van der Waals surface area contributed by atoms with Gasteiger partial charge in [-0.25, -0.2) is 4.79 Å².